The Balaban J connectivity index is 2.14. The Kier molecular flexibility index (Phi) is 6.30. The first-order valence-corrected chi connectivity index (χ1v) is 12.3. The van der Waals surface area contributed by atoms with Gasteiger partial charge < -0.3 is 19.6 Å². The molecule has 24 heavy (non-hydrogen) atoms. The molecular formula is C16H29N3O3SSi. The van der Waals surface area contributed by atoms with Crippen LogP contribution in [0.3, 0.4) is 0 Å². The van der Waals surface area contributed by atoms with Crippen molar-refractivity contribution in [1.29, 1.82) is 0 Å². The zero-order valence-electron chi connectivity index (χ0n) is 15.4. The Bertz CT molecular complexity index is 566. The van der Waals surface area contributed by atoms with Crippen LogP contribution in [0.5, 0.6) is 0 Å². The van der Waals surface area contributed by atoms with E-state index in [1.807, 2.05) is 6.26 Å². The highest BCUT2D eigenvalue weighted by Crippen LogP contribution is 2.38. The minimum Gasteiger partial charge on any atom is -0.409 e. The first-order valence-electron chi connectivity index (χ1n) is 8.21. The fourth-order valence-electron chi connectivity index (χ4n) is 2.25. The predicted molar refractivity (Wildman–Crippen MR) is 100 cm³/mol. The third-order valence-electron chi connectivity index (χ3n) is 4.80. The van der Waals surface area contributed by atoms with Gasteiger partial charge in [0.25, 0.3) is 0 Å². The van der Waals surface area contributed by atoms with Crippen molar-refractivity contribution in [3.8, 4) is 0 Å². The summed E-state index contributed by atoms with van der Waals surface area (Å²) in [6.45, 7) is 12.2. The molecule has 0 bridgehead atoms. The lowest BCUT2D eigenvalue weighted by Crippen LogP contribution is -2.48. The van der Waals surface area contributed by atoms with E-state index in [0.29, 0.717) is 29.8 Å². The highest BCUT2D eigenvalue weighted by Gasteiger charge is 2.42. The maximum atomic E-state index is 9.53. The Morgan fingerprint density at radius 1 is 1.42 bits per heavy atom. The van der Waals surface area contributed by atoms with Crippen LogP contribution >= 0.6 is 11.8 Å². The SMILES string of the molecule is CSc1ncc(CO)c(NC2COCC2O[Si](C)(C)C(C)(C)C)n1. The molecule has 0 aliphatic carbocycles. The van der Waals surface area contributed by atoms with Crippen LogP contribution in [0, 0.1) is 0 Å². The highest BCUT2D eigenvalue weighted by atomic mass is 32.2. The van der Waals surface area contributed by atoms with Crippen LogP contribution in [0.15, 0.2) is 11.4 Å². The van der Waals surface area contributed by atoms with E-state index in [1.165, 1.54) is 11.8 Å². The number of aromatic nitrogens is 2. The van der Waals surface area contributed by atoms with Crippen LogP contribution in [0.4, 0.5) is 5.82 Å². The number of ether oxygens (including phenoxy) is 1. The topological polar surface area (TPSA) is 76.5 Å². The summed E-state index contributed by atoms with van der Waals surface area (Å²) in [5, 5.41) is 13.8. The third kappa shape index (κ3) is 4.48. The lowest BCUT2D eigenvalue weighted by atomic mass is 10.2. The van der Waals surface area contributed by atoms with Gasteiger partial charge in [0.2, 0.25) is 0 Å². The summed E-state index contributed by atoms with van der Waals surface area (Å²) < 4.78 is 12.2. The molecule has 1 aliphatic rings. The fraction of sp³-hybridized carbons (Fsp3) is 0.750. The van der Waals surface area contributed by atoms with E-state index in [0.717, 1.165) is 0 Å². The summed E-state index contributed by atoms with van der Waals surface area (Å²) in [4.78, 5) is 8.70. The second kappa shape index (κ2) is 7.70. The molecular weight excluding hydrogens is 342 g/mol. The number of aliphatic hydroxyl groups excluding tert-OH is 1. The summed E-state index contributed by atoms with van der Waals surface area (Å²) in [5.41, 5.74) is 0.686. The van der Waals surface area contributed by atoms with E-state index in [4.69, 9.17) is 9.16 Å². The van der Waals surface area contributed by atoms with Gasteiger partial charge in [0.05, 0.1) is 32.0 Å². The maximum Gasteiger partial charge on any atom is 0.192 e. The van der Waals surface area contributed by atoms with E-state index in [2.05, 4.69) is 49.1 Å². The molecule has 1 aliphatic heterocycles. The van der Waals surface area contributed by atoms with Crippen molar-refractivity contribution in [3.05, 3.63) is 11.8 Å². The number of nitrogens with zero attached hydrogens (tertiary/aromatic N) is 2. The van der Waals surface area contributed by atoms with Crippen LogP contribution < -0.4 is 5.32 Å². The molecule has 0 amide bonds. The molecule has 8 heteroatoms. The van der Waals surface area contributed by atoms with Crippen LogP contribution in [0.1, 0.15) is 26.3 Å². The number of rotatable bonds is 6. The first kappa shape index (κ1) is 19.6. The zero-order valence-corrected chi connectivity index (χ0v) is 17.2. The lowest BCUT2D eigenvalue weighted by molar-refractivity contribution is 0.131. The summed E-state index contributed by atoms with van der Waals surface area (Å²) >= 11 is 1.47. The molecule has 0 saturated carbocycles. The molecule has 2 heterocycles. The second-order valence-corrected chi connectivity index (χ2v) is 13.1. The van der Waals surface area contributed by atoms with Gasteiger partial charge in [0.15, 0.2) is 13.5 Å². The van der Waals surface area contributed by atoms with Gasteiger partial charge >= 0.3 is 0 Å². The fourth-order valence-corrected chi connectivity index (χ4v) is 3.93. The van der Waals surface area contributed by atoms with Crippen LogP contribution in [0.2, 0.25) is 18.1 Å². The van der Waals surface area contributed by atoms with Gasteiger partial charge in [-0.15, -0.1) is 0 Å². The molecule has 1 fully saturated rings. The molecule has 2 rings (SSSR count). The lowest BCUT2D eigenvalue weighted by Gasteiger charge is -2.39. The predicted octanol–water partition coefficient (Wildman–Crippen LogP) is 2.89. The number of anilines is 1. The summed E-state index contributed by atoms with van der Waals surface area (Å²) in [6, 6.07) is 0.0223. The van der Waals surface area contributed by atoms with Gasteiger partial charge in [-0.2, -0.15) is 0 Å². The largest absolute Gasteiger partial charge is 0.409 e. The number of nitrogens with one attached hydrogen (secondary N) is 1. The van der Waals surface area contributed by atoms with E-state index in [-0.39, 0.29) is 23.8 Å². The van der Waals surface area contributed by atoms with Crippen molar-refractivity contribution in [2.45, 2.75) is 62.8 Å². The maximum absolute atomic E-state index is 9.53. The molecule has 1 aromatic rings. The van der Waals surface area contributed by atoms with Crippen LogP contribution in [-0.2, 0) is 15.8 Å². The van der Waals surface area contributed by atoms with Gasteiger partial charge in [0.1, 0.15) is 5.82 Å². The first-order chi connectivity index (χ1) is 11.2. The van der Waals surface area contributed by atoms with Gasteiger partial charge in [-0.05, 0) is 24.4 Å². The van der Waals surface area contributed by atoms with Crippen LogP contribution in [-0.4, -0.2) is 55.0 Å². The molecule has 2 unspecified atom stereocenters. The molecule has 1 aromatic heterocycles. The summed E-state index contributed by atoms with van der Waals surface area (Å²) in [5.74, 6) is 0.663. The average Bonchev–Trinajstić information content (AvgIpc) is 2.92. The van der Waals surface area contributed by atoms with Crippen molar-refractivity contribution in [1.82, 2.24) is 9.97 Å². The Labute approximate surface area is 149 Å². The van der Waals surface area contributed by atoms with Crippen molar-refractivity contribution >= 4 is 25.9 Å². The summed E-state index contributed by atoms with van der Waals surface area (Å²) in [7, 11) is -1.87. The summed E-state index contributed by atoms with van der Waals surface area (Å²) in [6.07, 6.45) is 3.59. The van der Waals surface area contributed by atoms with E-state index >= 15 is 0 Å². The van der Waals surface area contributed by atoms with Gasteiger partial charge in [0, 0.05) is 11.8 Å². The Morgan fingerprint density at radius 3 is 2.71 bits per heavy atom. The minimum atomic E-state index is -1.87. The van der Waals surface area contributed by atoms with E-state index in [9.17, 15) is 5.11 Å². The van der Waals surface area contributed by atoms with Crippen molar-refractivity contribution < 1.29 is 14.3 Å². The molecule has 6 nitrogen and oxygen atoms in total. The molecule has 0 spiro atoms. The Morgan fingerprint density at radius 2 is 2.12 bits per heavy atom. The zero-order chi connectivity index (χ0) is 18.0. The molecule has 1 saturated heterocycles. The minimum absolute atomic E-state index is 0.00914. The Hall–Kier alpha value is -0.673. The van der Waals surface area contributed by atoms with Gasteiger partial charge in [-0.1, -0.05) is 32.5 Å². The van der Waals surface area contributed by atoms with E-state index in [1.54, 1.807) is 6.20 Å². The van der Waals surface area contributed by atoms with Crippen molar-refractivity contribution in [2.24, 2.45) is 0 Å². The normalized spacial score (nSPS) is 22.0. The van der Waals surface area contributed by atoms with Gasteiger partial charge in [-0.3, -0.25) is 0 Å². The highest BCUT2D eigenvalue weighted by molar-refractivity contribution is 7.98. The molecule has 0 aromatic carbocycles. The van der Waals surface area contributed by atoms with Crippen LogP contribution in [0.25, 0.3) is 0 Å². The second-order valence-electron chi connectivity index (χ2n) is 7.59. The van der Waals surface area contributed by atoms with E-state index < -0.39 is 8.32 Å². The van der Waals surface area contributed by atoms with Gasteiger partial charge in [-0.25, -0.2) is 9.97 Å². The molecule has 2 atom stereocenters. The number of hydrogen-bond acceptors (Lipinski definition) is 7. The smallest absolute Gasteiger partial charge is 0.192 e. The molecule has 2 N–H and O–H groups in total. The third-order valence-corrected chi connectivity index (χ3v) is 9.86. The number of thioether (sulfide) groups is 1. The van der Waals surface area contributed by atoms with Crippen molar-refractivity contribution in [2.75, 3.05) is 24.8 Å². The molecule has 0 radical (unpaired) electrons. The molecule has 136 valence electrons. The number of aliphatic hydroxyl groups is 1. The number of hydrogen-bond donors (Lipinski definition) is 2. The monoisotopic (exact) mass is 371 g/mol. The quantitative estimate of drug-likeness (QED) is 0.452. The average molecular weight is 372 g/mol. The van der Waals surface area contributed by atoms with Crippen molar-refractivity contribution in [3.63, 3.8) is 0 Å². The standard InChI is InChI=1S/C16H29N3O3SSi/c1-16(2,3)24(5,6)22-13-10-21-9-12(13)18-14-11(8-20)7-17-15(19-14)23-4/h7,12-13,20H,8-10H2,1-6H3,(H,17,18,19).